The molecule has 99 valence electrons. The van der Waals surface area contributed by atoms with Crippen LogP contribution in [0.4, 0.5) is 0 Å². The van der Waals surface area contributed by atoms with Crippen LogP contribution in [0.3, 0.4) is 0 Å². The summed E-state index contributed by atoms with van der Waals surface area (Å²) in [6.45, 7) is 7.58. The molecule has 0 heterocycles. The summed E-state index contributed by atoms with van der Waals surface area (Å²) in [6.07, 6.45) is 2.05. The molecule has 0 saturated heterocycles. The van der Waals surface area contributed by atoms with E-state index in [1.54, 1.807) is 0 Å². The van der Waals surface area contributed by atoms with Gasteiger partial charge in [0.15, 0.2) is 0 Å². The maximum Gasteiger partial charge on any atom is 0.121 e. The first-order valence-electron chi connectivity index (χ1n) is 6.33. The van der Waals surface area contributed by atoms with Crippen LogP contribution in [0.5, 0.6) is 11.5 Å². The Bertz CT molecular complexity index is 526. The van der Waals surface area contributed by atoms with Crippen LogP contribution < -0.4 is 0 Å². The van der Waals surface area contributed by atoms with Crippen molar-refractivity contribution in [1.29, 1.82) is 0 Å². The molecule has 19 heavy (non-hydrogen) atoms. The molecule has 0 amide bonds. The van der Waals surface area contributed by atoms with Crippen LogP contribution in [-0.4, -0.2) is 10.2 Å². The monoisotopic (exact) mass is 255 g/mol. The van der Waals surface area contributed by atoms with Crippen LogP contribution >= 0.6 is 0 Å². The zero-order valence-electron chi connectivity index (χ0n) is 11.8. The minimum atomic E-state index is 0.357. The summed E-state index contributed by atoms with van der Waals surface area (Å²) in [5, 5.41) is 19.5. The van der Waals surface area contributed by atoms with Gasteiger partial charge in [-0.2, -0.15) is 0 Å². The van der Waals surface area contributed by atoms with E-state index in [2.05, 4.69) is 6.42 Å². The van der Waals surface area contributed by atoms with Gasteiger partial charge in [0.1, 0.15) is 11.5 Å². The van der Waals surface area contributed by atoms with E-state index in [9.17, 15) is 10.2 Å². The highest BCUT2D eigenvalue weighted by Gasteiger charge is 2.07. The third kappa shape index (κ3) is 2.73. The maximum absolute atomic E-state index is 9.77. The molecular weight excluding hydrogens is 236 g/mol. The van der Waals surface area contributed by atoms with Crippen molar-refractivity contribution in [3.05, 3.63) is 64.1 Å². The molecule has 1 radical (unpaired) electrons. The Hall–Kier alpha value is -1.96. The molecule has 0 aliphatic carbocycles. The molecule has 0 atom stereocenters. The highest BCUT2D eigenvalue weighted by atomic mass is 16.3. The van der Waals surface area contributed by atoms with E-state index < -0.39 is 0 Å². The Morgan fingerprint density at radius 1 is 0.632 bits per heavy atom. The van der Waals surface area contributed by atoms with Crippen molar-refractivity contribution in [3.8, 4) is 11.5 Å². The SMILES string of the molecule is Cc1cc([CH]c2cc(C)c(O)c(C)c2)cc(C)c1O. The Balaban J connectivity index is 2.36. The summed E-state index contributed by atoms with van der Waals surface area (Å²) in [4.78, 5) is 0. The topological polar surface area (TPSA) is 40.5 Å². The molecule has 0 fully saturated rings. The average Bonchev–Trinajstić information content (AvgIpc) is 2.33. The van der Waals surface area contributed by atoms with Gasteiger partial charge in [-0.15, -0.1) is 0 Å². The van der Waals surface area contributed by atoms with Gasteiger partial charge in [0.05, 0.1) is 0 Å². The van der Waals surface area contributed by atoms with Crippen LogP contribution in [0.1, 0.15) is 33.4 Å². The highest BCUT2D eigenvalue weighted by Crippen LogP contribution is 2.28. The molecule has 2 aromatic carbocycles. The van der Waals surface area contributed by atoms with E-state index in [1.165, 1.54) is 0 Å². The summed E-state index contributed by atoms with van der Waals surface area (Å²) in [5.41, 5.74) is 5.60. The standard InChI is InChI=1S/C17H19O2/c1-10-5-14(6-11(2)16(10)18)9-15-7-12(3)17(19)13(4)8-15/h5-9,18-19H,1-4H3. The summed E-state index contributed by atoms with van der Waals surface area (Å²) >= 11 is 0. The van der Waals surface area contributed by atoms with Gasteiger partial charge >= 0.3 is 0 Å². The molecule has 0 spiro atoms. The zero-order chi connectivity index (χ0) is 14.2. The van der Waals surface area contributed by atoms with Crippen molar-refractivity contribution in [3.63, 3.8) is 0 Å². The molecule has 2 rings (SSSR count). The fraction of sp³-hybridized carbons (Fsp3) is 0.235. The lowest BCUT2D eigenvalue weighted by Gasteiger charge is -2.10. The molecule has 2 N–H and O–H groups in total. The van der Waals surface area contributed by atoms with Crippen molar-refractivity contribution in [2.24, 2.45) is 0 Å². The van der Waals surface area contributed by atoms with E-state index in [4.69, 9.17) is 0 Å². The second-order valence-corrected chi connectivity index (χ2v) is 5.15. The first-order chi connectivity index (χ1) is 8.88. The number of aromatic hydroxyl groups is 2. The summed E-state index contributed by atoms with van der Waals surface area (Å²) < 4.78 is 0. The molecule has 0 aliphatic heterocycles. The predicted octanol–water partition coefficient (Wildman–Crippen LogP) is 3.93. The summed E-state index contributed by atoms with van der Waals surface area (Å²) in [7, 11) is 0. The Labute approximate surface area is 114 Å². The van der Waals surface area contributed by atoms with E-state index in [0.717, 1.165) is 33.4 Å². The van der Waals surface area contributed by atoms with E-state index >= 15 is 0 Å². The third-order valence-corrected chi connectivity index (χ3v) is 3.36. The number of phenols is 2. The molecule has 0 aliphatic rings. The maximum atomic E-state index is 9.77. The zero-order valence-corrected chi connectivity index (χ0v) is 11.8. The minimum absolute atomic E-state index is 0.357. The smallest absolute Gasteiger partial charge is 0.121 e. The molecule has 0 bridgehead atoms. The van der Waals surface area contributed by atoms with E-state index in [-0.39, 0.29) is 0 Å². The second-order valence-electron chi connectivity index (χ2n) is 5.15. The van der Waals surface area contributed by atoms with Crippen molar-refractivity contribution in [2.45, 2.75) is 27.7 Å². The summed E-state index contributed by atoms with van der Waals surface area (Å²) in [6, 6.07) is 7.83. The number of rotatable bonds is 2. The Kier molecular flexibility index (Phi) is 3.52. The first-order valence-corrected chi connectivity index (χ1v) is 6.33. The quantitative estimate of drug-likeness (QED) is 0.853. The molecule has 2 nitrogen and oxygen atoms in total. The number of hydrogen-bond acceptors (Lipinski definition) is 2. The molecular formula is C17H19O2. The van der Waals surface area contributed by atoms with Crippen molar-refractivity contribution in [1.82, 2.24) is 0 Å². The van der Waals surface area contributed by atoms with Gasteiger partial charge in [0, 0.05) is 6.42 Å². The predicted molar refractivity (Wildman–Crippen MR) is 77.7 cm³/mol. The normalized spacial score (nSPS) is 10.7. The van der Waals surface area contributed by atoms with Crippen molar-refractivity contribution >= 4 is 0 Å². The van der Waals surface area contributed by atoms with Crippen molar-refractivity contribution in [2.75, 3.05) is 0 Å². The van der Waals surface area contributed by atoms with Crippen LogP contribution in [0, 0.1) is 34.1 Å². The van der Waals surface area contributed by atoms with Gasteiger partial charge in [-0.3, -0.25) is 0 Å². The lowest BCUT2D eigenvalue weighted by atomic mass is 9.97. The minimum Gasteiger partial charge on any atom is -0.507 e. The van der Waals surface area contributed by atoms with Crippen molar-refractivity contribution < 1.29 is 10.2 Å². The van der Waals surface area contributed by atoms with E-state index in [0.29, 0.717) is 11.5 Å². The fourth-order valence-electron chi connectivity index (χ4n) is 2.34. The third-order valence-electron chi connectivity index (χ3n) is 3.36. The van der Waals surface area contributed by atoms with E-state index in [1.807, 2.05) is 52.0 Å². The molecule has 2 heteroatoms. The molecule has 2 aromatic rings. The van der Waals surface area contributed by atoms with Gasteiger partial charge in [-0.05, 0) is 61.1 Å². The number of aryl methyl sites for hydroxylation is 4. The Morgan fingerprint density at radius 2 is 0.895 bits per heavy atom. The number of hydrogen-bond donors (Lipinski definition) is 2. The molecule has 0 aromatic heterocycles. The molecule has 0 unspecified atom stereocenters. The second kappa shape index (κ2) is 4.96. The first kappa shape index (κ1) is 13.5. The summed E-state index contributed by atoms with van der Waals surface area (Å²) in [5.74, 6) is 0.713. The largest absolute Gasteiger partial charge is 0.507 e. The van der Waals surface area contributed by atoms with Crippen LogP contribution in [0.15, 0.2) is 24.3 Å². The lowest BCUT2D eigenvalue weighted by molar-refractivity contribution is 0.466. The molecule has 0 saturated carbocycles. The fourth-order valence-corrected chi connectivity index (χ4v) is 2.34. The van der Waals surface area contributed by atoms with Gasteiger partial charge < -0.3 is 10.2 Å². The Morgan fingerprint density at radius 3 is 1.16 bits per heavy atom. The van der Waals surface area contributed by atoms with Gasteiger partial charge in [0.2, 0.25) is 0 Å². The van der Waals surface area contributed by atoms with Crippen LogP contribution in [-0.2, 0) is 0 Å². The van der Waals surface area contributed by atoms with Gasteiger partial charge in [0.25, 0.3) is 0 Å². The van der Waals surface area contributed by atoms with Crippen LogP contribution in [0.25, 0.3) is 0 Å². The van der Waals surface area contributed by atoms with Gasteiger partial charge in [-0.1, -0.05) is 24.3 Å². The number of phenolic OH excluding ortho intramolecular Hbond substituents is 2. The average molecular weight is 255 g/mol. The number of benzene rings is 2. The van der Waals surface area contributed by atoms with Crippen LogP contribution in [0.2, 0.25) is 0 Å². The highest BCUT2D eigenvalue weighted by molar-refractivity contribution is 5.51. The lowest BCUT2D eigenvalue weighted by Crippen LogP contribution is -1.91. The van der Waals surface area contributed by atoms with Gasteiger partial charge in [-0.25, -0.2) is 0 Å².